The van der Waals surface area contributed by atoms with E-state index in [9.17, 15) is 0 Å². The molecule has 0 fully saturated rings. The molecule has 4 aromatic carbocycles. The summed E-state index contributed by atoms with van der Waals surface area (Å²) in [7, 11) is 0. The number of H-pyrrole nitrogens is 1. The molecule has 5 aromatic rings. The van der Waals surface area contributed by atoms with Gasteiger partial charge in [-0.15, -0.1) is 0 Å². The minimum absolute atomic E-state index is 1.21. The first-order chi connectivity index (χ1) is 10.8. The highest BCUT2D eigenvalue weighted by Gasteiger charge is 2.09. The predicted octanol–water partition coefficient (Wildman–Crippen LogP) is 5.94. The topological polar surface area (TPSA) is 15.8 Å². The van der Waals surface area contributed by atoms with E-state index in [1.165, 1.54) is 48.9 Å². The van der Waals surface area contributed by atoms with Gasteiger partial charge >= 0.3 is 0 Å². The van der Waals surface area contributed by atoms with Crippen molar-refractivity contribution in [1.29, 1.82) is 0 Å². The summed E-state index contributed by atoms with van der Waals surface area (Å²) in [5.74, 6) is 0. The number of nitrogens with one attached hydrogen (secondary N) is 1. The van der Waals surface area contributed by atoms with Crippen LogP contribution in [0.15, 0.2) is 66.7 Å². The third-order valence-corrected chi connectivity index (χ3v) is 4.60. The highest BCUT2D eigenvalue weighted by Crippen LogP contribution is 2.34. The molecule has 1 N–H and O–H groups in total. The fourth-order valence-electron chi connectivity index (χ4n) is 3.53. The van der Waals surface area contributed by atoms with Crippen LogP contribution in [-0.2, 0) is 0 Å². The first-order valence-corrected chi connectivity index (χ1v) is 7.63. The summed E-state index contributed by atoms with van der Waals surface area (Å²) in [5.41, 5.74) is 3.72. The number of rotatable bonds is 0. The van der Waals surface area contributed by atoms with E-state index in [0.29, 0.717) is 0 Å². The van der Waals surface area contributed by atoms with E-state index in [1.54, 1.807) is 0 Å². The van der Waals surface area contributed by atoms with Crippen molar-refractivity contribution in [2.75, 3.05) is 0 Å². The Bertz CT molecular complexity index is 1180. The Labute approximate surface area is 128 Å². The average molecular weight is 281 g/mol. The Kier molecular flexibility index (Phi) is 2.21. The molecular formula is C21H15N. The fourth-order valence-corrected chi connectivity index (χ4v) is 3.53. The van der Waals surface area contributed by atoms with Crippen LogP contribution in [0.4, 0.5) is 0 Å². The molecule has 0 spiro atoms. The largest absolute Gasteiger partial charge is 0.354 e. The van der Waals surface area contributed by atoms with Crippen molar-refractivity contribution in [3.8, 4) is 0 Å². The lowest BCUT2D eigenvalue weighted by Gasteiger charge is -2.04. The van der Waals surface area contributed by atoms with Crippen molar-refractivity contribution < 1.29 is 0 Å². The number of hydrogen-bond donors (Lipinski definition) is 1. The summed E-state index contributed by atoms with van der Waals surface area (Å²) in [6, 6.07) is 24.2. The lowest BCUT2D eigenvalue weighted by atomic mass is 9.99. The Morgan fingerprint density at radius 3 is 2.32 bits per heavy atom. The molecule has 0 aliphatic rings. The second-order valence-corrected chi connectivity index (χ2v) is 6.08. The van der Waals surface area contributed by atoms with Crippen LogP contribution in [0.1, 0.15) is 5.56 Å². The third-order valence-electron chi connectivity index (χ3n) is 4.60. The molecule has 0 amide bonds. The van der Waals surface area contributed by atoms with Crippen molar-refractivity contribution in [1.82, 2.24) is 4.98 Å². The van der Waals surface area contributed by atoms with Crippen LogP contribution in [0.5, 0.6) is 0 Å². The van der Waals surface area contributed by atoms with Crippen molar-refractivity contribution in [3.63, 3.8) is 0 Å². The zero-order valence-electron chi connectivity index (χ0n) is 12.4. The second kappa shape index (κ2) is 4.11. The summed E-state index contributed by atoms with van der Waals surface area (Å²) >= 11 is 0. The summed E-state index contributed by atoms with van der Waals surface area (Å²) < 4.78 is 0. The minimum Gasteiger partial charge on any atom is -0.354 e. The lowest BCUT2D eigenvalue weighted by Crippen LogP contribution is -1.78. The normalized spacial score (nSPS) is 11.9. The van der Waals surface area contributed by atoms with E-state index in [0.717, 1.165) is 0 Å². The highest BCUT2D eigenvalue weighted by molar-refractivity contribution is 6.22. The van der Waals surface area contributed by atoms with E-state index in [1.807, 2.05) is 0 Å². The molecule has 1 heterocycles. The van der Waals surface area contributed by atoms with Crippen molar-refractivity contribution in [2.24, 2.45) is 0 Å². The summed E-state index contributed by atoms with van der Waals surface area (Å²) in [6.07, 6.45) is 0. The molecule has 1 aromatic heterocycles. The molecule has 0 aliphatic carbocycles. The van der Waals surface area contributed by atoms with Gasteiger partial charge in [0.1, 0.15) is 0 Å². The standard InChI is InChI=1S/C21H15N/c1-13-6-8-17-20(10-13)22-19-9-7-16-11-14-4-2-3-5-15(14)12-18(16)21(17)19/h2-12,22H,1H3. The predicted molar refractivity (Wildman–Crippen MR) is 95.6 cm³/mol. The van der Waals surface area contributed by atoms with Gasteiger partial charge in [0.05, 0.1) is 0 Å². The molecule has 0 aliphatic heterocycles. The monoisotopic (exact) mass is 281 g/mol. The Morgan fingerprint density at radius 1 is 0.636 bits per heavy atom. The molecule has 0 atom stereocenters. The van der Waals surface area contributed by atoms with Crippen molar-refractivity contribution in [2.45, 2.75) is 6.92 Å². The molecule has 104 valence electrons. The summed E-state index contributed by atoms with van der Waals surface area (Å²) in [6.45, 7) is 2.14. The Hall–Kier alpha value is -2.80. The van der Waals surface area contributed by atoms with Gasteiger partial charge in [-0.2, -0.15) is 0 Å². The number of hydrogen-bond acceptors (Lipinski definition) is 0. The first kappa shape index (κ1) is 11.8. The second-order valence-electron chi connectivity index (χ2n) is 6.08. The number of fused-ring (bicyclic) bond motifs is 6. The molecule has 1 heteroatoms. The highest BCUT2D eigenvalue weighted by atomic mass is 14.7. The fraction of sp³-hybridized carbons (Fsp3) is 0.0476. The zero-order valence-corrected chi connectivity index (χ0v) is 12.4. The van der Waals surface area contributed by atoms with E-state index in [4.69, 9.17) is 0 Å². The van der Waals surface area contributed by atoms with Gasteiger partial charge in [-0.1, -0.05) is 42.5 Å². The van der Waals surface area contributed by atoms with Crippen LogP contribution < -0.4 is 0 Å². The maximum absolute atomic E-state index is 3.56. The Balaban J connectivity index is 2.05. The number of benzene rings is 4. The molecule has 22 heavy (non-hydrogen) atoms. The summed E-state index contributed by atoms with van der Waals surface area (Å²) in [4.78, 5) is 3.56. The molecule has 0 radical (unpaired) electrons. The van der Waals surface area contributed by atoms with Gasteiger partial charge in [0.15, 0.2) is 0 Å². The minimum atomic E-state index is 1.21. The molecule has 0 unspecified atom stereocenters. The molecule has 0 bridgehead atoms. The van der Waals surface area contributed by atoms with E-state index < -0.39 is 0 Å². The quantitative estimate of drug-likeness (QED) is 0.338. The van der Waals surface area contributed by atoms with Gasteiger partial charge in [-0.25, -0.2) is 0 Å². The van der Waals surface area contributed by atoms with Crippen LogP contribution in [0.2, 0.25) is 0 Å². The van der Waals surface area contributed by atoms with E-state index in [-0.39, 0.29) is 0 Å². The lowest BCUT2D eigenvalue weighted by molar-refractivity contribution is 1.47. The smallest absolute Gasteiger partial charge is 0.0471 e. The van der Waals surface area contributed by atoms with Gasteiger partial charge in [0, 0.05) is 21.8 Å². The van der Waals surface area contributed by atoms with E-state index in [2.05, 4.69) is 78.6 Å². The van der Waals surface area contributed by atoms with Crippen LogP contribution >= 0.6 is 0 Å². The number of aryl methyl sites for hydroxylation is 1. The Morgan fingerprint density at radius 2 is 1.45 bits per heavy atom. The van der Waals surface area contributed by atoms with E-state index >= 15 is 0 Å². The van der Waals surface area contributed by atoms with Crippen LogP contribution in [0, 0.1) is 6.92 Å². The van der Waals surface area contributed by atoms with Gasteiger partial charge in [0.25, 0.3) is 0 Å². The maximum Gasteiger partial charge on any atom is 0.0471 e. The molecule has 1 nitrogen and oxygen atoms in total. The molecular weight excluding hydrogens is 266 g/mol. The van der Waals surface area contributed by atoms with Crippen LogP contribution in [0.3, 0.4) is 0 Å². The van der Waals surface area contributed by atoms with Crippen molar-refractivity contribution in [3.05, 3.63) is 72.3 Å². The molecule has 0 saturated heterocycles. The van der Waals surface area contributed by atoms with Gasteiger partial charge in [-0.05, 0) is 58.3 Å². The van der Waals surface area contributed by atoms with Gasteiger partial charge in [0.2, 0.25) is 0 Å². The summed E-state index contributed by atoms with van der Waals surface area (Å²) in [5, 5.41) is 7.85. The molecule has 5 rings (SSSR count). The maximum atomic E-state index is 3.56. The zero-order chi connectivity index (χ0) is 14.7. The van der Waals surface area contributed by atoms with Crippen molar-refractivity contribution >= 4 is 43.4 Å². The average Bonchev–Trinajstić information content (AvgIpc) is 2.90. The van der Waals surface area contributed by atoms with Crippen LogP contribution in [0.25, 0.3) is 43.4 Å². The number of aromatic amines is 1. The SMILES string of the molecule is Cc1ccc2c(c1)[nH]c1ccc3cc4ccccc4cc3c12. The molecule has 0 saturated carbocycles. The first-order valence-electron chi connectivity index (χ1n) is 7.63. The van der Waals surface area contributed by atoms with Gasteiger partial charge in [-0.3, -0.25) is 0 Å². The number of aromatic nitrogens is 1. The van der Waals surface area contributed by atoms with Gasteiger partial charge < -0.3 is 4.98 Å². The third kappa shape index (κ3) is 1.54. The van der Waals surface area contributed by atoms with Crippen LogP contribution in [-0.4, -0.2) is 4.98 Å².